The van der Waals surface area contributed by atoms with Crippen LogP contribution in [0.25, 0.3) is 33.2 Å². The highest BCUT2D eigenvalue weighted by Gasteiger charge is 2.23. The molecule has 52 heavy (non-hydrogen) atoms. The zero-order valence-corrected chi connectivity index (χ0v) is 31.9. The van der Waals surface area contributed by atoms with Gasteiger partial charge in [-0.2, -0.15) is 0 Å². The number of hydrogen-bond acceptors (Lipinski definition) is 2. The quantitative estimate of drug-likeness (QED) is 0.137. The van der Waals surface area contributed by atoms with Crippen LogP contribution in [0.15, 0.2) is 170 Å². The molecule has 0 amide bonds. The van der Waals surface area contributed by atoms with Gasteiger partial charge in [-0.1, -0.05) is 160 Å². The van der Waals surface area contributed by atoms with Crippen LogP contribution in [0.3, 0.4) is 0 Å². The van der Waals surface area contributed by atoms with Crippen LogP contribution in [0.5, 0.6) is 0 Å². The Morgan fingerprint density at radius 1 is 0.846 bits per heavy atom. The van der Waals surface area contributed by atoms with Crippen LogP contribution in [0, 0.1) is 12.8 Å². The van der Waals surface area contributed by atoms with Gasteiger partial charge in [0, 0.05) is 23.1 Å². The van der Waals surface area contributed by atoms with Gasteiger partial charge in [-0.15, -0.1) is 0 Å². The van der Waals surface area contributed by atoms with E-state index in [2.05, 4.69) is 204 Å². The first-order valence-corrected chi connectivity index (χ1v) is 18.8. The molecular formula is C50H54N2. The SMILES string of the molecule is C=C/C(C)=C\C=C(/C)N(C(=C)/C=C\C(C)C)C1C=CC(c2ccc3cc/c(=C/C(C)N(c4ccccc4C)[C@H]4C=CC=CC4)c4cccc2c34)=CC1. The van der Waals surface area contributed by atoms with E-state index >= 15 is 0 Å². The molecule has 3 atom stereocenters. The average Bonchev–Trinajstić information content (AvgIpc) is 3.16. The topological polar surface area (TPSA) is 6.48 Å². The largest absolute Gasteiger partial charge is 0.358 e. The highest BCUT2D eigenvalue weighted by Crippen LogP contribution is 2.35. The lowest BCUT2D eigenvalue weighted by atomic mass is 9.89. The Bertz CT molecular complexity index is 2230. The van der Waals surface area contributed by atoms with Crippen LogP contribution in [0.1, 0.15) is 58.6 Å². The number of allylic oxidation sites excluding steroid dienone is 11. The molecule has 0 saturated heterocycles. The van der Waals surface area contributed by atoms with Gasteiger partial charge in [-0.05, 0) is 108 Å². The highest BCUT2D eigenvalue weighted by molar-refractivity contribution is 6.14. The van der Waals surface area contributed by atoms with Crippen molar-refractivity contribution in [2.45, 2.75) is 72.5 Å². The first-order valence-electron chi connectivity index (χ1n) is 18.8. The smallest absolute Gasteiger partial charge is 0.0556 e. The third kappa shape index (κ3) is 7.92. The molecule has 0 fully saturated rings. The molecular weight excluding hydrogens is 629 g/mol. The average molecular weight is 683 g/mol. The van der Waals surface area contributed by atoms with Crippen LogP contribution >= 0.6 is 0 Å². The third-order valence-corrected chi connectivity index (χ3v) is 10.4. The lowest BCUT2D eigenvalue weighted by Crippen LogP contribution is -2.41. The normalized spacial score (nSPS) is 18.8. The van der Waals surface area contributed by atoms with Gasteiger partial charge in [0.25, 0.3) is 0 Å². The number of aryl methyl sites for hydroxylation is 1. The Balaban J connectivity index is 1.36. The molecule has 0 bridgehead atoms. The molecule has 6 rings (SSSR count). The van der Waals surface area contributed by atoms with Crippen LogP contribution in [-0.4, -0.2) is 23.0 Å². The standard InChI is InChI=1S/C50H54N2/c1-9-36(4)23-25-39(7)51(38(6)24-22-35(2)3)45-31-28-41(29-32-45)46-33-30-42-26-27-43(47-19-15-20-48(46)50(42)47)34-40(8)52(44-17-11-10-12-18-44)49-21-14-13-16-37(49)5/h9-17,19-31,33-35,40,44-45H,1,6,18,32H2,2-5,7-8H3/b24-22-,36-23-,39-25+,43-34-/t40?,44-,45?/m0/s1. The fourth-order valence-electron chi connectivity index (χ4n) is 7.63. The lowest BCUT2D eigenvalue weighted by molar-refractivity contribution is 0.374. The molecule has 0 radical (unpaired) electrons. The van der Waals surface area contributed by atoms with E-state index in [0.717, 1.165) is 29.8 Å². The molecule has 0 spiro atoms. The molecule has 2 unspecified atom stereocenters. The second-order valence-corrected chi connectivity index (χ2v) is 14.6. The van der Waals surface area contributed by atoms with Gasteiger partial charge in [-0.25, -0.2) is 0 Å². The molecule has 264 valence electrons. The van der Waals surface area contributed by atoms with Crippen molar-refractivity contribution >= 4 is 38.9 Å². The summed E-state index contributed by atoms with van der Waals surface area (Å²) in [6.45, 7) is 21.6. The van der Waals surface area contributed by atoms with Crippen molar-refractivity contribution in [2.75, 3.05) is 4.90 Å². The van der Waals surface area contributed by atoms with Gasteiger partial charge in [-0.3, -0.25) is 0 Å². The number of rotatable bonds is 12. The minimum atomic E-state index is 0.173. The number of para-hydroxylation sites is 1. The summed E-state index contributed by atoms with van der Waals surface area (Å²) < 4.78 is 0. The molecule has 2 nitrogen and oxygen atoms in total. The van der Waals surface area contributed by atoms with Crippen molar-refractivity contribution in [3.8, 4) is 0 Å². The summed E-state index contributed by atoms with van der Waals surface area (Å²) >= 11 is 0. The molecule has 0 N–H and O–H groups in total. The van der Waals surface area contributed by atoms with Crippen LogP contribution in [0.2, 0.25) is 0 Å². The predicted molar refractivity (Wildman–Crippen MR) is 229 cm³/mol. The maximum absolute atomic E-state index is 4.49. The monoisotopic (exact) mass is 682 g/mol. The van der Waals surface area contributed by atoms with Gasteiger partial charge in [0.1, 0.15) is 0 Å². The van der Waals surface area contributed by atoms with Crippen LogP contribution in [-0.2, 0) is 0 Å². The summed E-state index contributed by atoms with van der Waals surface area (Å²) in [5.41, 5.74) is 8.43. The minimum absolute atomic E-state index is 0.173. The van der Waals surface area contributed by atoms with E-state index in [1.807, 2.05) is 6.08 Å². The van der Waals surface area contributed by atoms with Crippen molar-refractivity contribution in [3.63, 3.8) is 0 Å². The van der Waals surface area contributed by atoms with E-state index in [1.165, 1.54) is 49.2 Å². The fraction of sp³-hybridized carbons (Fsp3) is 0.240. The Morgan fingerprint density at radius 3 is 2.35 bits per heavy atom. The Labute approximate surface area is 312 Å². The Kier molecular flexibility index (Phi) is 11.5. The molecule has 2 aliphatic rings. The van der Waals surface area contributed by atoms with Crippen molar-refractivity contribution in [1.82, 2.24) is 4.90 Å². The maximum Gasteiger partial charge on any atom is 0.0556 e. The second kappa shape index (κ2) is 16.3. The van der Waals surface area contributed by atoms with Crippen molar-refractivity contribution in [1.29, 1.82) is 0 Å². The fourth-order valence-corrected chi connectivity index (χ4v) is 7.63. The second-order valence-electron chi connectivity index (χ2n) is 14.6. The Hall–Kier alpha value is -5.34. The lowest BCUT2D eigenvalue weighted by Gasteiger charge is -2.37. The molecule has 2 heteroatoms. The number of hydrogen-bond donors (Lipinski definition) is 0. The van der Waals surface area contributed by atoms with Crippen molar-refractivity contribution in [3.05, 3.63) is 186 Å². The summed E-state index contributed by atoms with van der Waals surface area (Å²) in [6, 6.07) is 25.5. The highest BCUT2D eigenvalue weighted by atomic mass is 15.2. The number of benzene rings is 4. The molecule has 0 aromatic heterocycles. The van der Waals surface area contributed by atoms with Crippen molar-refractivity contribution < 1.29 is 0 Å². The zero-order chi connectivity index (χ0) is 36.8. The van der Waals surface area contributed by atoms with Gasteiger partial charge < -0.3 is 9.80 Å². The predicted octanol–water partition coefficient (Wildman–Crippen LogP) is 12.4. The molecule has 4 aromatic carbocycles. The van der Waals surface area contributed by atoms with Gasteiger partial charge in [0.05, 0.1) is 12.1 Å². The summed E-state index contributed by atoms with van der Waals surface area (Å²) in [7, 11) is 0. The van der Waals surface area contributed by atoms with Crippen LogP contribution in [0.4, 0.5) is 5.69 Å². The first kappa shape index (κ1) is 36.5. The molecule has 4 aromatic rings. The van der Waals surface area contributed by atoms with Gasteiger partial charge in [0.2, 0.25) is 0 Å². The van der Waals surface area contributed by atoms with Crippen LogP contribution < -0.4 is 10.1 Å². The maximum atomic E-state index is 4.49. The van der Waals surface area contributed by atoms with E-state index in [-0.39, 0.29) is 12.1 Å². The van der Waals surface area contributed by atoms with E-state index in [0.29, 0.717) is 12.0 Å². The minimum Gasteiger partial charge on any atom is -0.358 e. The molecule has 0 saturated carbocycles. The molecule has 0 aliphatic heterocycles. The number of nitrogens with zero attached hydrogens (tertiary/aromatic N) is 2. The molecule has 0 heterocycles. The molecule has 2 aliphatic carbocycles. The summed E-state index contributed by atoms with van der Waals surface area (Å²) in [5.74, 6) is 0.457. The van der Waals surface area contributed by atoms with E-state index < -0.39 is 0 Å². The Morgan fingerprint density at radius 2 is 1.63 bits per heavy atom. The van der Waals surface area contributed by atoms with Crippen molar-refractivity contribution in [2.24, 2.45) is 5.92 Å². The number of anilines is 1. The van der Waals surface area contributed by atoms with E-state index in [9.17, 15) is 0 Å². The summed E-state index contributed by atoms with van der Waals surface area (Å²) in [4.78, 5) is 4.94. The zero-order valence-electron chi connectivity index (χ0n) is 31.9. The van der Waals surface area contributed by atoms with Gasteiger partial charge >= 0.3 is 0 Å². The first-order chi connectivity index (χ1) is 25.2. The van der Waals surface area contributed by atoms with E-state index in [1.54, 1.807) is 0 Å². The van der Waals surface area contributed by atoms with Gasteiger partial charge in [0.15, 0.2) is 0 Å². The third-order valence-electron chi connectivity index (χ3n) is 10.4. The summed E-state index contributed by atoms with van der Waals surface area (Å²) in [5, 5.41) is 6.48. The summed E-state index contributed by atoms with van der Waals surface area (Å²) in [6.07, 6.45) is 31.0. The van der Waals surface area contributed by atoms with E-state index in [4.69, 9.17) is 0 Å².